The fourth-order valence-electron chi connectivity index (χ4n) is 3.40. The molecule has 30 heavy (non-hydrogen) atoms. The highest BCUT2D eigenvalue weighted by Gasteiger charge is 2.36. The predicted octanol–water partition coefficient (Wildman–Crippen LogP) is 4.66. The van der Waals surface area contributed by atoms with E-state index >= 15 is 0 Å². The number of amides is 2. The number of hydrogen-bond donors (Lipinski definition) is 1. The summed E-state index contributed by atoms with van der Waals surface area (Å²) < 4.78 is 0. The van der Waals surface area contributed by atoms with E-state index < -0.39 is 5.92 Å². The number of rotatable bonds is 5. The van der Waals surface area contributed by atoms with Gasteiger partial charge < -0.3 is 10.2 Å². The second-order valence-electron chi connectivity index (χ2n) is 6.97. The molecule has 2 aromatic carbocycles. The molecule has 1 atom stereocenters. The van der Waals surface area contributed by atoms with Crippen molar-refractivity contribution in [2.24, 2.45) is 5.92 Å². The van der Waals surface area contributed by atoms with Crippen molar-refractivity contribution in [2.75, 3.05) is 16.8 Å². The highest BCUT2D eigenvalue weighted by atomic mass is 35.5. The summed E-state index contributed by atoms with van der Waals surface area (Å²) in [5, 5.41) is 3.58. The van der Waals surface area contributed by atoms with E-state index in [1.807, 2.05) is 30.3 Å². The van der Waals surface area contributed by atoms with Gasteiger partial charge in [0.15, 0.2) is 10.9 Å². The Bertz CT molecular complexity index is 1130. The van der Waals surface area contributed by atoms with Crippen LogP contribution in [0.5, 0.6) is 0 Å². The number of Topliss-reactive ketones (excluding diaryl/α,β-unsaturated/α-hetero) is 1. The summed E-state index contributed by atoms with van der Waals surface area (Å²) in [5.74, 6) is -1.11. The molecule has 3 aromatic rings. The summed E-state index contributed by atoms with van der Waals surface area (Å²) >= 11 is 7.34. The molecule has 1 N–H and O–H groups in total. The SMILES string of the molecule is CC(=O)c1sc(NC(=O)C2CC(=O)N(c3ccccc3Cl)C2)nc1-c1ccccc1. The van der Waals surface area contributed by atoms with Gasteiger partial charge in [0.25, 0.3) is 0 Å². The van der Waals surface area contributed by atoms with Crippen LogP contribution in [0, 0.1) is 5.92 Å². The highest BCUT2D eigenvalue weighted by molar-refractivity contribution is 7.18. The van der Waals surface area contributed by atoms with E-state index in [4.69, 9.17) is 11.6 Å². The predicted molar refractivity (Wildman–Crippen MR) is 118 cm³/mol. The quantitative estimate of drug-likeness (QED) is 0.586. The van der Waals surface area contributed by atoms with E-state index in [-0.39, 0.29) is 30.6 Å². The molecule has 4 rings (SSSR count). The van der Waals surface area contributed by atoms with Crippen LogP contribution < -0.4 is 10.2 Å². The Balaban J connectivity index is 1.53. The maximum Gasteiger partial charge on any atom is 0.231 e. The molecule has 2 amide bonds. The Morgan fingerprint density at radius 2 is 1.83 bits per heavy atom. The lowest BCUT2D eigenvalue weighted by Gasteiger charge is -2.17. The number of hydrogen-bond acceptors (Lipinski definition) is 5. The van der Waals surface area contributed by atoms with Gasteiger partial charge in [-0.25, -0.2) is 4.98 Å². The van der Waals surface area contributed by atoms with Crippen molar-refractivity contribution in [3.05, 3.63) is 64.5 Å². The van der Waals surface area contributed by atoms with E-state index in [0.717, 1.165) is 16.9 Å². The van der Waals surface area contributed by atoms with Gasteiger partial charge in [-0.15, -0.1) is 0 Å². The molecule has 1 saturated heterocycles. The van der Waals surface area contributed by atoms with Gasteiger partial charge in [0.2, 0.25) is 11.8 Å². The number of carbonyl (C=O) groups is 3. The number of anilines is 2. The van der Waals surface area contributed by atoms with Crippen LogP contribution in [0.2, 0.25) is 5.02 Å². The summed E-state index contributed by atoms with van der Waals surface area (Å²) in [6.45, 7) is 1.72. The summed E-state index contributed by atoms with van der Waals surface area (Å²) in [5.41, 5.74) is 1.95. The van der Waals surface area contributed by atoms with Gasteiger partial charge in [-0.2, -0.15) is 0 Å². The number of aromatic nitrogens is 1. The van der Waals surface area contributed by atoms with E-state index in [1.54, 1.807) is 24.3 Å². The van der Waals surface area contributed by atoms with Crippen LogP contribution in [0.25, 0.3) is 11.3 Å². The van der Waals surface area contributed by atoms with Gasteiger partial charge in [0, 0.05) is 25.5 Å². The molecule has 0 spiro atoms. The van der Waals surface area contributed by atoms with Crippen LogP contribution in [0.1, 0.15) is 23.0 Å². The number of ketones is 1. The summed E-state index contributed by atoms with van der Waals surface area (Å²) in [6.07, 6.45) is 0.0908. The first kappa shape index (κ1) is 20.3. The topological polar surface area (TPSA) is 79.4 Å². The lowest BCUT2D eigenvalue weighted by atomic mass is 10.1. The molecule has 0 bridgehead atoms. The van der Waals surface area contributed by atoms with Crippen molar-refractivity contribution >= 4 is 51.4 Å². The number of nitrogens with zero attached hydrogens (tertiary/aromatic N) is 2. The zero-order chi connectivity index (χ0) is 21.3. The van der Waals surface area contributed by atoms with Gasteiger partial charge >= 0.3 is 0 Å². The number of nitrogens with one attached hydrogen (secondary N) is 1. The van der Waals surface area contributed by atoms with Gasteiger partial charge in [-0.05, 0) is 12.1 Å². The smallest absolute Gasteiger partial charge is 0.231 e. The zero-order valence-corrected chi connectivity index (χ0v) is 17.7. The second-order valence-corrected chi connectivity index (χ2v) is 8.37. The molecule has 6 nitrogen and oxygen atoms in total. The van der Waals surface area contributed by atoms with Crippen LogP contribution in [-0.4, -0.2) is 29.1 Å². The molecule has 152 valence electrons. The molecule has 1 aliphatic heterocycles. The van der Waals surface area contributed by atoms with Crippen molar-refractivity contribution < 1.29 is 14.4 Å². The van der Waals surface area contributed by atoms with Crippen molar-refractivity contribution in [2.45, 2.75) is 13.3 Å². The Morgan fingerprint density at radius 3 is 2.53 bits per heavy atom. The average molecular weight is 440 g/mol. The standard InChI is InChI=1S/C22H18ClN3O3S/c1-13(27)20-19(14-7-3-2-4-8-14)24-22(30-20)25-21(29)15-11-18(28)26(12-15)17-10-6-5-9-16(17)23/h2-10,15H,11-12H2,1H3,(H,24,25,29). The fourth-order valence-corrected chi connectivity index (χ4v) is 4.52. The minimum absolute atomic E-state index is 0.0908. The van der Waals surface area contributed by atoms with Crippen LogP contribution in [0.3, 0.4) is 0 Å². The molecular formula is C22H18ClN3O3S. The van der Waals surface area contributed by atoms with Gasteiger partial charge in [0.05, 0.1) is 27.2 Å². The molecule has 8 heteroatoms. The minimum Gasteiger partial charge on any atom is -0.310 e. The number of thiazole rings is 1. The third-order valence-corrected chi connectivity index (χ3v) is 6.25. The number of halogens is 1. The van der Waals surface area contributed by atoms with Crippen molar-refractivity contribution in [1.82, 2.24) is 4.98 Å². The molecule has 1 unspecified atom stereocenters. The third-order valence-electron chi connectivity index (χ3n) is 4.86. The molecule has 1 fully saturated rings. The first-order chi connectivity index (χ1) is 14.4. The molecular weight excluding hydrogens is 422 g/mol. The van der Waals surface area contributed by atoms with Gasteiger partial charge in [-0.3, -0.25) is 14.4 Å². The highest BCUT2D eigenvalue weighted by Crippen LogP contribution is 2.34. The Labute approximate surface area is 182 Å². The Kier molecular flexibility index (Phi) is 5.65. The third kappa shape index (κ3) is 3.99. The molecule has 1 aliphatic rings. The Morgan fingerprint density at radius 1 is 1.13 bits per heavy atom. The monoisotopic (exact) mass is 439 g/mol. The normalized spacial score (nSPS) is 16.0. The summed E-state index contributed by atoms with van der Waals surface area (Å²) in [6, 6.07) is 16.4. The molecule has 2 heterocycles. The lowest BCUT2D eigenvalue weighted by Crippen LogP contribution is -2.28. The van der Waals surface area contributed by atoms with Crippen LogP contribution >= 0.6 is 22.9 Å². The molecule has 0 saturated carbocycles. The minimum atomic E-state index is -0.529. The molecule has 0 aliphatic carbocycles. The zero-order valence-electron chi connectivity index (χ0n) is 16.1. The largest absolute Gasteiger partial charge is 0.310 e. The summed E-state index contributed by atoms with van der Waals surface area (Å²) in [7, 11) is 0. The molecule has 1 aromatic heterocycles. The van der Waals surface area contributed by atoms with Gasteiger partial charge in [-0.1, -0.05) is 65.4 Å². The van der Waals surface area contributed by atoms with Crippen LogP contribution in [0.15, 0.2) is 54.6 Å². The van der Waals surface area contributed by atoms with Crippen molar-refractivity contribution in [3.8, 4) is 11.3 Å². The number of carbonyl (C=O) groups excluding carboxylic acids is 3. The van der Waals surface area contributed by atoms with Crippen molar-refractivity contribution in [1.29, 1.82) is 0 Å². The Hall–Kier alpha value is -3.03. The average Bonchev–Trinajstić information content (AvgIpc) is 3.33. The van der Waals surface area contributed by atoms with E-state index in [1.165, 1.54) is 11.8 Å². The fraction of sp³-hybridized carbons (Fsp3) is 0.182. The maximum absolute atomic E-state index is 12.8. The molecule has 0 radical (unpaired) electrons. The maximum atomic E-state index is 12.8. The number of para-hydroxylation sites is 1. The first-order valence-corrected chi connectivity index (χ1v) is 10.6. The lowest BCUT2D eigenvalue weighted by molar-refractivity contribution is -0.122. The van der Waals surface area contributed by atoms with Crippen LogP contribution in [-0.2, 0) is 9.59 Å². The van der Waals surface area contributed by atoms with Crippen molar-refractivity contribution in [3.63, 3.8) is 0 Å². The summed E-state index contributed by atoms with van der Waals surface area (Å²) in [4.78, 5) is 43.8. The van der Waals surface area contributed by atoms with E-state index in [9.17, 15) is 14.4 Å². The van der Waals surface area contributed by atoms with Gasteiger partial charge in [0.1, 0.15) is 0 Å². The van der Waals surface area contributed by atoms with E-state index in [0.29, 0.717) is 26.4 Å². The van der Waals surface area contributed by atoms with Crippen LogP contribution in [0.4, 0.5) is 10.8 Å². The van der Waals surface area contributed by atoms with E-state index in [2.05, 4.69) is 10.3 Å². The number of benzene rings is 2. The first-order valence-electron chi connectivity index (χ1n) is 9.37. The second kappa shape index (κ2) is 8.38.